The van der Waals surface area contributed by atoms with Crippen LogP contribution in [0.2, 0.25) is 0 Å². The van der Waals surface area contributed by atoms with Crippen molar-refractivity contribution in [2.75, 3.05) is 0 Å². The number of rotatable bonds is 33. The van der Waals surface area contributed by atoms with Crippen LogP contribution >= 0.6 is 0 Å². The summed E-state index contributed by atoms with van der Waals surface area (Å²) in [4.78, 5) is 3.73. The van der Waals surface area contributed by atoms with Gasteiger partial charge >= 0.3 is 0 Å². The molecular weight excluding hydrogens is 508 g/mol. The molecule has 0 amide bonds. The van der Waals surface area contributed by atoms with Gasteiger partial charge in [0.2, 0.25) is 0 Å². The van der Waals surface area contributed by atoms with Crippen LogP contribution in [0.1, 0.15) is 245 Å². The normalized spacial score (nSPS) is 13.1. The van der Waals surface area contributed by atoms with Gasteiger partial charge in [-0.1, -0.05) is 194 Å². The van der Waals surface area contributed by atoms with Crippen LogP contribution in [0.15, 0.2) is 12.4 Å². The number of H-pyrrole nitrogens is 1. The Balaban J connectivity index is 2.30. The van der Waals surface area contributed by atoms with Crippen LogP contribution in [-0.4, -0.2) is 4.98 Å². The lowest BCUT2D eigenvalue weighted by Gasteiger charge is -2.17. The Kier molecular flexibility index (Phi) is 28.3. The number of unbranched alkanes of at least 4 members (excludes halogenated alkanes) is 25. The fourth-order valence-corrected chi connectivity index (χ4v) is 6.96. The maximum atomic E-state index is 3.73. The lowest BCUT2D eigenvalue weighted by atomic mass is 9.92. The summed E-state index contributed by atoms with van der Waals surface area (Å²) in [5.41, 5.74) is 0. The topological polar surface area (TPSA) is 19.7 Å². The van der Waals surface area contributed by atoms with E-state index in [1.54, 1.807) is 0 Å². The molecule has 0 aliphatic carbocycles. The van der Waals surface area contributed by atoms with E-state index in [-0.39, 0.29) is 0 Å². The molecule has 248 valence electrons. The highest BCUT2D eigenvalue weighted by molar-refractivity contribution is 4.90. The first-order valence-corrected chi connectivity index (χ1v) is 19.8. The molecule has 0 aliphatic heterocycles. The van der Waals surface area contributed by atoms with Crippen molar-refractivity contribution < 1.29 is 4.57 Å². The smallest absolute Gasteiger partial charge is 0.247 e. The van der Waals surface area contributed by atoms with Crippen molar-refractivity contribution in [1.82, 2.24) is 4.98 Å². The molecule has 1 aromatic rings. The second-order valence-corrected chi connectivity index (χ2v) is 14.0. The van der Waals surface area contributed by atoms with E-state index < -0.39 is 0 Å². The van der Waals surface area contributed by atoms with Crippen molar-refractivity contribution in [1.29, 1.82) is 0 Å². The molecule has 0 aliphatic rings. The summed E-state index contributed by atoms with van der Waals surface area (Å²) < 4.78 is 2.63. The van der Waals surface area contributed by atoms with Crippen molar-refractivity contribution >= 4 is 0 Å². The highest BCUT2D eigenvalue weighted by atomic mass is 15.1. The van der Waals surface area contributed by atoms with Crippen LogP contribution in [0.4, 0.5) is 0 Å². The average molecular weight is 588 g/mol. The van der Waals surface area contributed by atoms with Gasteiger partial charge in [-0.2, -0.15) is 0 Å². The Morgan fingerprint density at radius 1 is 0.452 bits per heavy atom. The second kappa shape index (κ2) is 30.2. The molecule has 1 aromatic heterocycles. The van der Waals surface area contributed by atoms with E-state index in [9.17, 15) is 0 Å². The molecule has 1 heterocycles. The van der Waals surface area contributed by atoms with E-state index in [2.05, 4.69) is 49.6 Å². The quantitative estimate of drug-likeness (QED) is 0.0623. The number of aromatic nitrogens is 2. The van der Waals surface area contributed by atoms with Gasteiger partial charge in [0.1, 0.15) is 12.4 Å². The predicted octanol–water partition coefficient (Wildman–Crippen LogP) is 14.1. The van der Waals surface area contributed by atoms with Crippen LogP contribution in [-0.2, 0) is 0 Å². The monoisotopic (exact) mass is 588 g/mol. The predicted molar refractivity (Wildman–Crippen MR) is 189 cm³/mol. The zero-order chi connectivity index (χ0) is 30.4. The van der Waals surface area contributed by atoms with E-state index in [4.69, 9.17) is 0 Å². The molecule has 1 N–H and O–H groups in total. The third kappa shape index (κ3) is 21.8. The Labute approximate surface area is 266 Å². The Morgan fingerprint density at radius 2 is 0.762 bits per heavy atom. The minimum absolute atomic E-state index is 0.621. The van der Waals surface area contributed by atoms with E-state index in [0.29, 0.717) is 12.0 Å². The first kappa shape index (κ1) is 39.2. The first-order chi connectivity index (χ1) is 20.7. The number of nitrogens with one attached hydrogen (secondary N) is 1. The van der Waals surface area contributed by atoms with Crippen molar-refractivity contribution in [3.63, 3.8) is 0 Å². The summed E-state index contributed by atoms with van der Waals surface area (Å²) in [6.45, 7) is 9.41. The molecule has 1 rings (SSSR count). The second-order valence-electron chi connectivity index (χ2n) is 14.0. The summed E-state index contributed by atoms with van der Waals surface area (Å²) in [6, 6.07) is 0.621. The van der Waals surface area contributed by atoms with E-state index in [1.165, 1.54) is 205 Å². The number of aromatic amines is 1. The largest absolute Gasteiger partial charge is 0.257 e. The molecule has 2 nitrogen and oxygen atoms in total. The van der Waals surface area contributed by atoms with Gasteiger partial charge in [-0.25, -0.2) is 9.55 Å². The number of nitrogens with zero attached hydrogens (tertiary/aromatic N) is 1. The maximum Gasteiger partial charge on any atom is 0.257 e. The molecule has 2 heteroatoms. The Hall–Kier alpha value is -0.790. The van der Waals surface area contributed by atoms with Gasteiger partial charge in [0.05, 0.1) is 12.0 Å². The fraction of sp³-hybridized carbons (Fsp3) is 0.925. The van der Waals surface area contributed by atoms with Gasteiger partial charge < -0.3 is 0 Å². The minimum Gasteiger partial charge on any atom is -0.247 e. The van der Waals surface area contributed by atoms with Crippen molar-refractivity contribution in [2.24, 2.45) is 0 Å². The SMILES string of the molecule is CCCCCCCCCCCCCCCCCCC(CCCCCCCC)c1[nH]cc[n+]1C(C)CCCCCCCC. The molecule has 2 unspecified atom stereocenters. The minimum atomic E-state index is 0.621. The van der Waals surface area contributed by atoms with Gasteiger partial charge in [-0.15, -0.1) is 0 Å². The van der Waals surface area contributed by atoms with Crippen LogP contribution in [0.25, 0.3) is 0 Å². The summed E-state index contributed by atoms with van der Waals surface area (Å²) in [5.74, 6) is 2.24. The summed E-state index contributed by atoms with van der Waals surface area (Å²) >= 11 is 0. The standard InChI is InChI=1S/C40H78N2/c1-5-8-11-14-17-18-19-20-21-22-23-24-25-26-29-32-35-39(34-31-28-16-13-10-7-3)40-41-36-37-42(40)38(4)33-30-27-15-12-9-6-2/h36-39H,5-35H2,1-4H3/p+1. The molecule has 0 saturated carbocycles. The third-order valence-electron chi connectivity index (χ3n) is 9.89. The van der Waals surface area contributed by atoms with Crippen LogP contribution in [0.5, 0.6) is 0 Å². The summed E-state index contributed by atoms with van der Waals surface area (Å²) in [5, 5.41) is 0. The average Bonchev–Trinajstić information content (AvgIpc) is 3.49. The zero-order valence-corrected chi connectivity index (χ0v) is 29.7. The molecular formula is C40H79N2+. The van der Waals surface area contributed by atoms with Gasteiger partial charge in [0.25, 0.3) is 5.82 Å². The number of imidazole rings is 1. The number of hydrogen-bond donors (Lipinski definition) is 1. The summed E-state index contributed by atoms with van der Waals surface area (Å²) in [7, 11) is 0. The first-order valence-electron chi connectivity index (χ1n) is 19.8. The van der Waals surface area contributed by atoms with Gasteiger partial charge in [0, 0.05) is 0 Å². The van der Waals surface area contributed by atoms with E-state index in [1.807, 2.05) is 0 Å². The van der Waals surface area contributed by atoms with Crippen molar-refractivity contribution in [3.05, 3.63) is 18.2 Å². The highest BCUT2D eigenvalue weighted by Gasteiger charge is 2.25. The molecule has 2 atom stereocenters. The Morgan fingerprint density at radius 3 is 1.12 bits per heavy atom. The van der Waals surface area contributed by atoms with Crippen LogP contribution in [0, 0.1) is 0 Å². The van der Waals surface area contributed by atoms with Gasteiger partial charge in [-0.05, 0) is 32.6 Å². The van der Waals surface area contributed by atoms with E-state index >= 15 is 0 Å². The van der Waals surface area contributed by atoms with Gasteiger partial charge in [-0.3, -0.25) is 0 Å². The molecule has 0 fully saturated rings. The zero-order valence-electron chi connectivity index (χ0n) is 29.7. The summed E-state index contributed by atoms with van der Waals surface area (Å²) in [6.07, 6.45) is 48.7. The lowest BCUT2D eigenvalue weighted by Crippen LogP contribution is -2.41. The maximum absolute atomic E-state index is 3.73. The third-order valence-corrected chi connectivity index (χ3v) is 9.89. The molecule has 0 spiro atoms. The van der Waals surface area contributed by atoms with Crippen LogP contribution in [0.3, 0.4) is 0 Å². The molecule has 0 bridgehead atoms. The molecule has 0 saturated heterocycles. The fourth-order valence-electron chi connectivity index (χ4n) is 6.96. The highest BCUT2D eigenvalue weighted by Crippen LogP contribution is 2.27. The number of hydrogen-bond acceptors (Lipinski definition) is 0. The van der Waals surface area contributed by atoms with Crippen molar-refractivity contribution in [2.45, 2.75) is 239 Å². The lowest BCUT2D eigenvalue weighted by molar-refractivity contribution is -0.727. The Bertz CT molecular complexity index is 650. The van der Waals surface area contributed by atoms with Crippen molar-refractivity contribution in [3.8, 4) is 0 Å². The van der Waals surface area contributed by atoms with Crippen LogP contribution < -0.4 is 4.57 Å². The molecule has 0 aromatic carbocycles. The van der Waals surface area contributed by atoms with Gasteiger partial charge in [0.15, 0.2) is 0 Å². The molecule has 42 heavy (non-hydrogen) atoms. The van der Waals surface area contributed by atoms with E-state index in [0.717, 1.165) is 0 Å². The molecule has 0 radical (unpaired) electrons.